The van der Waals surface area contributed by atoms with Crippen LogP contribution in [-0.4, -0.2) is 13.0 Å². The van der Waals surface area contributed by atoms with Crippen molar-refractivity contribution in [3.05, 3.63) is 58.1 Å². The van der Waals surface area contributed by atoms with Crippen molar-refractivity contribution in [3.63, 3.8) is 0 Å². The first-order valence-corrected chi connectivity index (χ1v) is 10.2. The van der Waals surface area contributed by atoms with Crippen LogP contribution in [0.15, 0.2) is 50.5 Å². The Morgan fingerprint density at radius 2 is 1.85 bits per heavy atom. The maximum Gasteiger partial charge on any atom is 0.419 e. The molecule has 2 aromatic carbocycles. The van der Waals surface area contributed by atoms with Crippen molar-refractivity contribution < 1.29 is 12.8 Å². The van der Waals surface area contributed by atoms with Crippen molar-refractivity contribution in [2.75, 3.05) is 4.72 Å². The average Bonchev–Trinajstić information content (AvgIpc) is 2.95. The molecule has 7 heteroatoms. The van der Waals surface area contributed by atoms with E-state index in [0.717, 1.165) is 31.2 Å². The first-order chi connectivity index (χ1) is 12.5. The molecule has 0 saturated heterocycles. The van der Waals surface area contributed by atoms with Gasteiger partial charge in [0, 0.05) is 12.6 Å². The van der Waals surface area contributed by atoms with Gasteiger partial charge in [0.05, 0.1) is 16.1 Å². The smallest absolute Gasteiger partial charge is 0.408 e. The molecule has 1 aliphatic carbocycles. The summed E-state index contributed by atoms with van der Waals surface area (Å²) in [5, 5.41) is 0. The fraction of sp³-hybridized carbons (Fsp3) is 0.316. The summed E-state index contributed by atoms with van der Waals surface area (Å²) < 4.78 is 34.8. The lowest BCUT2D eigenvalue weighted by atomic mass is 9.92. The zero-order valence-corrected chi connectivity index (χ0v) is 15.3. The Balaban J connectivity index is 1.67. The first kappa shape index (κ1) is 16.9. The molecule has 0 saturated carbocycles. The van der Waals surface area contributed by atoms with Crippen LogP contribution in [0.3, 0.4) is 0 Å². The number of rotatable bonds is 4. The molecule has 3 aromatic rings. The minimum absolute atomic E-state index is 0.255. The Kier molecular flexibility index (Phi) is 4.11. The summed E-state index contributed by atoms with van der Waals surface area (Å²) in [6.07, 6.45) is 4.17. The lowest BCUT2D eigenvalue weighted by molar-refractivity contribution is 0.513. The molecule has 0 atom stereocenters. The molecule has 136 valence electrons. The third kappa shape index (κ3) is 2.92. The van der Waals surface area contributed by atoms with Gasteiger partial charge in [-0.15, -0.1) is 0 Å². The number of hydrogen-bond acceptors (Lipinski definition) is 4. The van der Waals surface area contributed by atoms with Crippen molar-refractivity contribution >= 4 is 26.8 Å². The van der Waals surface area contributed by atoms with Gasteiger partial charge in [-0.25, -0.2) is 13.2 Å². The normalized spacial score (nSPS) is 14.3. The molecule has 0 unspecified atom stereocenters. The number of fused-ring (bicyclic) bond motifs is 2. The van der Waals surface area contributed by atoms with E-state index in [9.17, 15) is 13.2 Å². The number of aryl methyl sites for hydroxylation is 3. The van der Waals surface area contributed by atoms with E-state index in [1.54, 1.807) is 30.3 Å². The van der Waals surface area contributed by atoms with Gasteiger partial charge < -0.3 is 4.42 Å². The van der Waals surface area contributed by atoms with Crippen LogP contribution in [-0.2, 0) is 29.4 Å². The summed E-state index contributed by atoms with van der Waals surface area (Å²) in [6.45, 7) is 2.34. The highest BCUT2D eigenvalue weighted by Crippen LogP contribution is 2.26. The van der Waals surface area contributed by atoms with E-state index >= 15 is 0 Å². The Hall–Kier alpha value is -2.54. The van der Waals surface area contributed by atoms with Crippen molar-refractivity contribution in [1.29, 1.82) is 0 Å². The lowest BCUT2D eigenvalue weighted by Crippen LogP contribution is -2.14. The molecule has 1 heterocycles. The van der Waals surface area contributed by atoms with Crippen molar-refractivity contribution in [2.45, 2.75) is 44.0 Å². The zero-order chi connectivity index (χ0) is 18.3. The number of oxazole rings is 1. The van der Waals surface area contributed by atoms with Crippen LogP contribution >= 0.6 is 0 Å². The second kappa shape index (κ2) is 6.32. The van der Waals surface area contributed by atoms with Crippen molar-refractivity contribution in [2.24, 2.45) is 0 Å². The third-order valence-corrected chi connectivity index (χ3v) is 6.25. The van der Waals surface area contributed by atoms with Gasteiger partial charge in [0.25, 0.3) is 10.0 Å². The minimum atomic E-state index is -3.70. The number of sulfonamides is 1. The van der Waals surface area contributed by atoms with Gasteiger partial charge in [0.15, 0.2) is 5.58 Å². The summed E-state index contributed by atoms with van der Waals surface area (Å²) in [5.41, 5.74) is 3.73. The van der Waals surface area contributed by atoms with E-state index in [1.807, 2.05) is 13.0 Å². The van der Waals surface area contributed by atoms with E-state index in [2.05, 4.69) is 4.72 Å². The second-order valence-electron chi connectivity index (χ2n) is 6.54. The van der Waals surface area contributed by atoms with Crippen LogP contribution in [0.2, 0.25) is 0 Å². The summed E-state index contributed by atoms with van der Waals surface area (Å²) in [6, 6.07) is 10.2. The molecule has 0 fully saturated rings. The number of benzene rings is 2. The van der Waals surface area contributed by atoms with Crippen LogP contribution in [0.5, 0.6) is 0 Å². The van der Waals surface area contributed by atoms with Crippen molar-refractivity contribution in [3.8, 4) is 0 Å². The molecule has 0 amide bonds. The molecular formula is C19H20N2O4S. The lowest BCUT2D eigenvalue weighted by Gasteiger charge is -2.17. The molecule has 1 aliphatic rings. The fourth-order valence-corrected chi connectivity index (χ4v) is 4.62. The average molecular weight is 372 g/mol. The molecule has 6 nitrogen and oxygen atoms in total. The maximum atomic E-state index is 12.7. The van der Waals surface area contributed by atoms with E-state index < -0.39 is 15.8 Å². The molecule has 1 N–H and O–H groups in total. The third-order valence-electron chi connectivity index (χ3n) is 4.87. The number of anilines is 1. The largest absolute Gasteiger partial charge is 0.419 e. The highest BCUT2D eigenvalue weighted by atomic mass is 32.2. The van der Waals surface area contributed by atoms with Crippen LogP contribution < -0.4 is 10.5 Å². The zero-order valence-electron chi connectivity index (χ0n) is 14.5. The van der Waals surface area contributed by atoms with Gasteiger partial charge in [0.1, 0.15) is 0 Å². The van der Waals surface area contributed by atoms with E-state index in [4.69, 9.17) is 4.42 Å². The predicted octanol–water partition coefficient (Wildman–Crippen LogP) is 3.29. The van der Waals surface area contributed by atoms with Gasteiger partial charge in [-0.1, -0.05) is 6.07 Å². The topological polar surface area (TPSA) is 81.3 Å². The summed E-state index contributed by atoms with van der Waals surface area (Å²) in [5.74, 6) is -0.447. The van der Waals surface area contributed by atoms with E-state index in [1.165, 1.54) is 10.1 Å². The van der Waals surface area contributed by atoms with E-state index in [0.29, 0.717) is 23.3 Å². The first-order valence-electron chi connectivity index (χ1n) is 8.76. The number of hydrogen-bond donors (Lipinski definition) is 1. The van der Waals surface area contributed by atoms with Gasteiger partial charge in [-0.05, 0) is 68.0 Å². The van der Waals surface area contributed by atoms with Crippen LogP contribution in [0, 0.1) is 0 Å². The number of nitrogens with zero attached hydrogens (tertiary/aromatic N) is 1. The quantitative estimate of drug-likeness (QED) is 0.762. The van der Waals surface area contributed by atoms with Gasteiger partial charge in [-0.2, -0.15) is 0 Å². The summed E-state index contributed by atoms with van der Waals surface area (Å²) >= 11 is 0. The Morgan fingerprint density at radius 1 is 1.08 bits per heavy atom. The molecule has 4 rings (SSSR count). The van der Waals surface area contributed by atoms with Gasteiger partial charge in [0.2, 0.25) is 0 Å². The summed E-state index contributed by atoms with van der Waals surface area (Å²) in [7, 11) is -3.70. The van der Waals surface area contributed by atoms with Crippen LogP contribution in [0.1, 0.15) is 30.9 Å². The van der Waals surface area contributed by atoms with Gasteiger partial charge in [-0.3, -0.25) is 9.29 Å². The van der Waals surface area contributed by atoms with Gasteiger partial charge >= 0.3 is 5.76 Å². The molecule has 0 bridgehead atoms. The highest BCUT2D eigenvalue weighted by Gasteiger charge is 2.18. The Morgan fingerprint density at radius 3 is 2.62 bits per heavy atom. The molecule has 0 spiro atoms. The SMILES string of the molecule is CCn1c(=O)oc2cc(NS(=O)(=O)c3ccc4c(c3)CCCC4)ccc21. The van der Waals surface area contributed by atoms with Crippen LogP contribution in [0.4, 0.5) is 5.69 Å². The Labute approximate surface area is 151 Å². The molecule has 26 heavy (non-hydrogen) atoms. The molecule has 0 aliphatic heterocycles. The number of nitrogens with one attached hydrogen (secondary N) is 1. The summed E-state index contributed by atoms with van der Waals surface area (Å²) in [4.78, 5) is 12.0. The van der Waals surface area contributed by atoms with Crippen LogP contribution in [0.25, 0.3) is 11.1 Å². The highest BCUT2D eigenvalue weighted by molar-refractivity contribution is 7.92. The maximum absolute atomic E-state index is 12.7. The molecular weight excluding hydrogens is 352 g/mol. The monoisotopic (exact) mass is 372 g/mol. The number of aromatic nitrogens is 1. The molecule has 0 radical (unpaired) electrons. The predicted molar refractivity (Wildman–Crippen MR) is 100 cm³/mol. The second-order valence-corrected chi connectivity index (χ2v) is 8.22. The Bertz CT molecular complexity index is 1140. The standard InChI is InChI=1S/C19H20N2O4S/c1-2-21-17-10-8-15(12-18(17)25-19(21)22)20-26(23,24)16-9-7-13-5-3-4-6-14(13)11-16/h7-12,20H,2-6H2,1H3. The van der Waals surface area contributed by atoms with Crippen molar-refractivity contribution in [1.82, 2.24) is 4.57 Å². The fourth-order valence-electron chi connectivity index (χ4n) is 3.52. The minimum Gasteiger partial charge on any atom is -0.408 e. The van der Waals surface area contributed by atoms with E-state index in [-0.39, 0.29) is 4.90 Å². The molecule has 1 aromatic heterocycles.